The second kappa shape index (κ2) is 5.30. The number of hydrogen-bond acceptors (Lipinski definition) is 5. The lowest BCUT2D eigenvalue weighted by Gasteiger charge is -2.34. The van der Waals surface area contributed by atoms with E-state index in [1.807, 2.05) is 24.3 Å². The third-order valence-corrected chi connectivity index (χ3v) is 4.17. The molecule has 2 aromatic rings. The Hall–Kier alpha value is -1.79. The summed E-state index contributed by atoms with van der Waals surface area (Å²) in [7, 11) is 0. The van der Waals surface area contributed by atoms with Crippen LogP contribution in [0, 0.1) is 0 Å². The normalized spacial score (nSPS) is 21.2. The van der Waals surface area contributed by atoms with Crippen LogP contribution in [0.5, 0.6) is 0 Å². The summed E-state index contributed by atoms with van der Waals surface area (Å²) in [5.74, 6) is -0.296. The van der Waals surface area contributed by atoms with E-state index < -0.39 is 5.60 Å². The Kier molecular flexibility index (Phi) is 3.50. The third kappa shape index (κ3) is 2.44. The Bertz CT molecular complexity index is 615. The van der Waals surface area contributed by atoms with Gasteiger partial charge in [-0.1, -0.05) is 24.3 Å². The van der Waals surface area contributed by atoms with Gasteiger partial charge in [0.2, 0.25) is 0 Å². The van der Waals surface area contributed by atoms with Gasteiger partial charge < -0.3 is 10.4 Å². The highest BCUT2D eigenvalue weighted by Gasteiger charge is 2.34. The van der Waals surface area contributed by atoms with E-state index in [2.05, 4.69) is 14.1 Å². The number of aryl methyl sites for hydroxylation is 1. The molecule has 1 unspecified atom stereocenters. The van der Waals surface area contributed by atoms with Gasteiger partial charge in [-0.2, -0.15) is 8.75 Å². The number of fused-ring (bicyclic) bond motifs is 1. The van der Waals surface area contributed by atoms with Crippen LogP contribution >= 0.6 is 11.7 Å². The third-order valence-electron chi connectivity index (χ3n) is 3.69. The summed E-state index contributed by atoms with van der Waals surface area (Å²) in [4.78, 5) is 11.9. The minimum atomic E-state index is -0.992. The number of hydrogen-bond donors (Lipinski definition) is 2. The number of carbonyl (C=O) groups is 1. The zero-order chi connectivity index (χ0) is 14.0. The van der Waals surface area contributed by atoms with Gasteiger partial charge in [0, 0.05) is 0 Å². The first-order valence-corrected chi connectivity index (χ1v) is 7.29. The van der Waals surface area contributed by atoms with Gasteiger partial charge in [0.05, 0.1) is 24.5 Å². The highest BCUT2D eigenvalue weighted by molar-refractivity contribution is 6.99. The molecule has 0 bridgehead atoms. The molecule has 5 nitrogen and oxygen atoms in total. The molecule has 0 fully saturated rings. The average molecular weight is 289 g/mol. The minimum Gasteiger partial charge on any atom is -0.383 e. The summed E-state index contributed by atoms with van der Waals surface area (Å²) in [6, 6.07) is 7.86. The van der Waals surface area contributed by atoms with Crippen LogP contribution in [-0.4, -0.2) is 26.3 Å². The van der Waals surface area contributed by atoms with Crippen LogP contribution in [0.3, 0.4) is 0 Å². The van der Waals surface area contributed by atoms with Crippen LogP contribution in [0.15, 0.2) is 30.5 Å². The smallest absolute Gasteiger partial charge is 0.272 e. The highest BCUT2D eigenvalue weighted by atomic mass is 32.1. The maximum absolute atomic E-state index is 11.9. The quantitative estimate of drug-likeness (QED) is 0.897. The molecule has 1 heterocycles. The molecule has 1 aromatic carbocycles. The molecule has 0 aliphatic heterocycles. The SMILES string of the molecule is O=C(NCC1(O)CCCc2ccccc21)c1cnsn1. The van der Waals surface area contributed by atoms with Gasteiger partial charge in [0.15, 0.2) is 5.69 Å². The number of aliphatic hydroxyl groups is 1. The van der Waals surface area contributed by atoms with Gasteiger partial charge in [-0.05, 0) is 30.4 Å². The number of amides is 1. The molecule has 0 spiro atoms. The first-order chi connectivity index (χ1) is 9.69. The van der Waals surface area contributed by atoms with Gasteiger partial charge in [0.1, 0.15) is 5.60 Å². The zero-order valence-corrected chi connectivity index (χ0v) is 11.7. The standard InChI is InChI=1S/C14H15N3O2S/c18-13(12-8-16-20-17-12)15-9-14(19)7-3-5-10-4-1-2-6-11(10)14/h1-2,4,6,8,19H,3,5,7,9H2,(H,15,18). The van der Waals surface area contributed by atoms with Crippen LogP contribution in [0.4, 0.5) is 0 Å². The maximum Gasteiger partial charge on any atom is 0.272 e. The zero-order valence-electron chi connectivity index (χ0n) is 10.9. The number of nitrogens with one attached hydrogen (secondary N) is 1. The predicted molar refractivity (Wildman–Crippen MR) is 75.5 cm³/mol. The van der Waals surface area contributed by atoms with Crippen molar-refractivity contribution in [3.63, 3.8) is 0 Å². The second-order valence-corrected chi connectivity index (χ2v) is 5.57. The van der Waals surface area contributed by atoms with Crippen molar-refractivity contribution in [1.29, 1.82) is 0 Å². The van der Waals surface area contributed by atoms with Crippen LogP contribution in [-0.2, 0) is 12.0 Å². The van der Waals surface area contributed by atoms with Gasteiger partial charge in [-0.15, -0.1) is 0 Å². The van der Waals surface area contributed by atoms with Crippen molar-refractivity contribution in [2.45, 2.75) is 24.9 Å². The molecule has 1 amide bonds. The predicted octanol–water partition coefficient (Wildman–Crippen LogP) is 1.49. The molecule has 104 valence electrons. The number of aromatic nitrogens is 2. The number of rotatable bonds is 3. The van der Waals surface area contributed by atoms with Gasteiger partial charge in [-0.3, -0.25) is 4.79 Å². The monoisotopic (exact) mass is 289 g/mol. The van der Waals surface area contributed by atoms with Crippen LogP contribution in [0.25, 0.3) is 0 Å². The molecule has 20 heavy (non-hydrogen) atoms. The molecule has 2 N–H and O–H groups in total. The Balaban J connectivity index is 1.76. The molecule has 1 aromatic heterocycles. The topological polar surface area (TPSA) is 75.1 Å². The van der Waals surface area contributed by atoms with E-state index in [9.17, 15) is 9.90 Å². The molecule has 0 saturated carbocycles. The fourth-order valence-corrected chi connectivity index (χ4v) is 3.08. The molecule has 6 heteroatoms. The van der Waals surface area contributed by atoms with Crippen molar-refractivity contribution in [2.24, 2.45) is 0 Å². The molecule has 0 radical (unpaired) electrons. The number of benzene rings is 1. The summed E-state index contributed by atoms with van der Waals surface area (Å²) in [5.41, 5.74) is 1.38. The van der Waals surface area contributed by atoms with E-state index in [1.54, 1.807) is 0 Å². The minimum absolute atomic E-state index is 0.195. The molecule has 1 atom stereocenters. The molecular formula is C14H15N3O2S. The summed E-state index contributed by atoms with van der Waals surface area (Å²) < 4.78 is 7.68. The Morgan fingerprint density at radius 2 is 2.30 bits per heavy atom. The van der Waals surface area contributed by atoms with E-state index in [0.29, 0.717) is 12.1 Å². The maximum atomic E-state index is 11.9. The van der Waals surface area contributed by atoms with Crippen molar-refractivity contribution < 1.29 is 9.90 Å². The average Bonchev–Trinajstić information content (AvgIpc) is 3.00. The van der Waals surface area contributed by atoms with Crippen LogP contribution in [0.1, 0.15) is 34.5 Å². The highest BCUT2D eigenvalue weighted by Crippen LogP contribution is 2.34. The molecular weight excluding hydrogens is 274 g/mol. The second-order valence-electron chi connectivity index (χ2n) is 5.02. The van der Waals surface area contributed by atoms with E-state index in [4.69, 9.17) is 0 Å². The van der Waals surface area contributed by atoms with Crippen molar-refractivity contribution in [3.05, 3.63) is 47.3 Å². The Labute approximate surface area is 121 Å². The van der Waals surface area contributed by atoms with Gasteiger partial charge in [-0.25, -0.2) is 0 Å². The summed E-state index contributed by atoms with van der Waals surface area (Å²) in [5, 5.41) is 13.6. The van der Waals surface area contributed by atoms with Gasteiger partial charge >= 0.3 is 0 Å². The Morgan fingerprint density at radius 3 is 3.10 bits per heavy atom. The van der Waals surface area contributed by atoms with E-state index in [-0.39, 0.29) is 12.5 Å². The molecule has 3 rings (SSSR count). The van der Waals surface area contributed by atoms with E-state index in [1.165, 1.54) is 6.20 Å². The largest absolute Gasteiger partial charge is 0.383 e. The van der Waals surface area contributed by atoms with E-state index in [0.717, 1.165) is 35.7 Å². The van der Waals surface area contributed by atoms with Crippen molar-refractivity contribution >= 4 is 17.6 Å². The molecule has 1 aliphatic rings. The van der Waals surface area contributed by atoms with Crippen LogP contribution in [0.2, 0.25) is 0 Å². The molecule has 1 aliphatic carbocycles. The van der Waals surface area contributed by atoms with Crippen molar-refractivity contribution in [3.8, 4) is 0 Å². The number of carbonyl (C=O) groups excluding carboxylic acids is 1. The Morgan fingerprint density at radius 1 is 1.45 bits per heavy atom. The van der Waals surface area contributed by atoms with E-state index >= 15 is 0 Å². The van der Waals surface area contributed by atoms with Crippen molar-refractivity contribution in [2.75, 3.05) is 6.54 Å². The summed E-state index contributed by atoms with van der Waals surface area (Å²) >= 11 is 0.994. The summed E-state index contributed by atoms with van der Waals surface area (Å²) in [6.07, 6.45) is 3.97. The van der Waals surface area contributed by atoms with Crippen LogP contribution < -0.4 is 5.32 Å². The van der Waals surface area contributed by atoms with Gasteiger partial charge in [0.25, 0.3) is 5.91 Å². The fraction of sp³-hybridized carbons (Fsp3) is 0.357. The summed E-state index contributed by atoms with van der Waals surface area (Å²) in [6.45, 7) is 0.195. The van der Waals surface area contributed by atoms with Crippen molar-refractivity contribution in [1.82, 2.24) is 14.1 Å². The number of nitrogens with zero attached hydrogens (tertiary/aromatic N) is 2. The lowest BCUT2D eigenvalue weighted by atomic mass is 9.79. The fourth-order valence-electron chi connectivity index (χ4n) is 2.66. The molecule has 0 saturated heterocycles. The first kappa shape index (κ1) is 13.2. The first-order valence-electron chi connectivity index (χ1n) is 6.55. The lowest BCUT2D eigenvalue weighted by Crippen LogP contribution is -2.43. The lowest BCUT2D eigenvalue weighted by molar-refractivity contribution is 0.0189.